The van der Waals surface area contributed by atoms with Gasteiger partial charge in [0.05, 0.1) is 11.9 Å². The number of nitrogens with zero attached hydrogens (tertiary/aromatic N) is 1. The van der Waals surface area contributed by atoms with Gasteiger partial charge in [0.15, 0.2) is 0 Å². The molecule has 0 aliphatic heterocycles. The number of hydrogen-bond donors (Lipinski definition) is 0. The van der Waals surface area contributed by atoms with E-state index in [1.165, 1.54) is 17.7 Å². The van der Waals surface area contributed by atoms with Crippen molar-refractivity contribution in [3.8, 4) is 11.3 Å². The molecule has 2 aromatic carbocycles. The number of benzene rings is 2. The molecule has 1 aromatic heterocycles. The summed E-state index contributed by atoms with van der Waals surface area (Å²) in [6, 6.07) is 17.9. The Kier molecular flexibility index (Phi) is 3.65. The summed E-state index contributed by atoms with van der Waals surface area (Å²) < 4.78 is 18.8. The number of halogens is 1. The van der Waals surface area contributed by atoms with Crippen LogP contribution in [0.2, 0.25) is 0 Å². The zero-order chi connectivity index (χ0) is 14.7. The quantitative estimate of drug-likeness (QED) is 0.609. The van der Waals surface area contributed by atoms with Gasteiger partial charge in [-0.05, 0) is 43.3 Å². The van der Waals surface area contributed by atoms with E-state index in [0.717, 1.165) is 5.69 Å². The molecule has 104 valence electrons. The molecule has 3 rings (SSSR count). The first-order chi connectivity index (χ1) is 10.2. The Bertz CT molecular complexity index is 772. The van der Waals surface area contributed by atoms with Crippen molar-refractivity contribution in [1.82, 2.24) is 0 Å². The Balaban J connectivity index is 1.80. The standard InChI is InChI=1S/C18H14FNO/c1-13-5-7-16(8-6-13)20-12-17-9-10-18(21-17)14-3-2-4-15(19)11-14/h2-12H,1H3. The van der Waals surface area contributed by atoms with Crippen molar-refractivity contribution in [3.05, 3.63) is 77.8 Å². The zero-order valence-corrected chi connectivity index (χ0v) is 11.6. The summed E-state index contributed by atoms with van der Waals surface area (Å²) in [4.78, 5) is 4.35. The minimum Gasteiger partial charge on any atom is -0.455 e. The van der Waals surface area contributed by atoms with Crippen molar-refractivity contribution < 1.29 is 8.81 Å². The highest BCUT2D eigenvalue weighted by Crippen LogP contribution is 2.22. The molecule has 0 aliphatic carbocycles. The highest BCUT2D eigenvalue weighted by Gasteiger charge is 2.04. The van der Waals surface area contributed by atoms with Crippen LogP contribution in [-0.2, 0) is 0 Å². The fourth-order valence-corrected chi connectivity index (χ4v) is 1.99. The molecule has 0 fully saturated rings. The minimum absolute atomic E-state index is 0.279. The van der Waals surface area contributed by atoms with Crippen LogP contribution in [0.3, 0.4) is 0 Å². The lowest BCUT2D eigenvalue weighted by Crippen LogP contribution is -1.77. The molecule has 21 heavy (non-hydrogen) atoms. The van der Waals surface area contributed by atoms with Crippen LogP contribution in [0.1, 0.15) is 11.3 Å². The Morgan fingerprint density at radius 3 is 2.57 bits per heavy atom. The molecule has 2 nitrogen and oxygen atoms in total. The van der Waals surface area contributed by atoms with Gasteiger partial charge in [-0.3, -0.25) is 4.99 Å². The smallest absolute Gasteiger partial charge is 0.145 e. The van der Waals surface area contributed by atoms with Crippen LogP contribution in [0.4, 0.5) is 10.1 Å². The second kappa shape index (κ2) is 5.75. The van der Waals surface area contributed by atoms with Crippen LogP contribution in [0.25, 0.3) is 11.3 Å². The molecule has 0 spiro atoms. The topological polar surface area (TPSA) is 25.5 Å². The van der Waals surface area contributed by atoms with E-state index >= 15 is 0 Å². The second-order valence-electron chi connectivity index (χ2n) is 4.81. The first-order valence-corrected chi connectivity index (χ1v) is 6.67. The summed E-state index contributed by atoms with van der Waals surface area (Å²) in [7, 11) is 0. The van der Waals surface area contributed by atoms with Gasteiger partial charge in [0.2, 0.25) is 0 Å². The van der Waals surface area contributed by atoms with Gasteiger partial charge in [0.1, 0.15) is 17.3 Å². The number of aliphatic imine (C=N–C) groups is 1. The number of aryl methyl sites for hydroxylation is 1. The van der Waals surface area contributed by atoms with Crippen LogP contribution < -0.4 is 0 Å². The molecule has 0 bridgehead atoms. The maximum absolute atomic E-state index is 13.2. The Labute approximate surface area is 122 Å². The van der Waals surface area contributed by atoms with Crippen molar-refractivity contribution in [3.63, 3.8) is 0 Å². The van der Waals surface area contributed by atoms with Gasteiger partial charge >= 0.3 is 0 Å². The predicted octanol–water partition coefficient (Wildman–Crippen LogP) is 5.14. The molecular weight excluding hydrogens is 265 g/mol. The summed E-state index contributed by atoms with van der Waals surface area (Å²) in [5, 5.41) is 0. The van der Waals surface area contributed by atoms with Crippen molar-refractivity contribution in [2.45, 2.75) is 6.92 Å². The Morgan fingerprint density at radius 1 is 1.00 bits per heavy atom. The molecule has 0 saturated heterocycles. The summed E-state index contributed by atoms with van der Waals surface area (Å²) in [6.45, 7) is 2.03. The van der Waals surface area contributed by atoms with Crippen molar-refractivity contribution in [2.24, 2.45) is 4.99 Å². The van der Waals surface area contributed by atoms with E-state index in [9.17, 15) is 4.39 Å². The molecule has 0 radical (unpaired) electrons. The normalized spacial score (nSPS) is 11.1. The maximum atomic E-state index is 13.2. The summed E-state index contributed by atoms with van der Waals surface area (Å²) >= 11 is 0. The summed E-state index contributed by atoms with van der Waals surface area (Å²) in [6.07, 6.45) is 1.66. The molecule has 1 heterocycles. The third kappa shape index (κ3) is 3.26. The van der Waals surface area contributed by atoms with Gasteiger partial charge in [0.25, 0.3) is 0 Å². The predicted molar refractivity (Wildman–Crippen MR) is 82.5 cm³/mol. The van der Waals surface area contributed by atoms with E-state index in [4.69, 9.17) is 4.42 Å². The average Bonchev–Trinajstić information content (AvgIpc) is 2.96. The lowest BCUT2D eigenvalue weighted by molar-refractivity contribution is 0.573. The third-order valence-electron chi connectivity index (χ3n) is 3.11. The molecule has 0 atom stereocenters. The van der Waals surface area contributed by atoms with Crippen LogP contribution in [0.15, 0.2) is 70.1 Å². The van der Waals surface area contributed by atoms with E-state index < -0.39 is 0 Å². The van der Waals surface area contributed by atoms with Gasteiger partial charge in [-0.25, -0.2) is 4.39 Å². The van der Waals surface area contributed by atoms with Crippen LogP contribution in [0, 0.1) is 12.7 Å². The monoisotopic (exact) mass is 279 g/mol. The van der Waals surface area contributed by atoms with E-state index in [0.29, 0.717) is 17.1 Å². The molecule has 0 N–H and O–H groups in total. The SMILES string of the molecule is Cc1ccc(N=Cc2ccc(-c3cccc(F)c3)o2)cc1. The molecule has 0 aliphatic rings. The van der Waals surface area contributed by atoms with Crippen LogP contribution in [0.5, 0.6) is 0 Å². The highest BCUT2D eigenvalue weighted by atomic mass is 19.1. The van der Waals surface area contributed by atoms with Gasteiger partial charge in [-0.2, -0.15) is 0 Å². The van der Waals surface area contributed by atoms with E-state index in [-0.39, 0.29) is 5.82 Å². The van der Waals surface area contributed by atoms with Gasteiger partial charge < -0.3 is 4.42 Å². The lowest BCUT2D eigenvalue weighted by Gasteiger charge is -1.96. The molecular formula is C18H14FNO. The Morgan fingerprint density at radius 2 is 1.81 bits per heavy atom. The van der Waals surface area contributed by atoms with E-state index in [1.807, 2.05) is 49.4 Å². The number of hydrogen-bond acceptors (Lipinski definition) is 2. The largest absolute Gasteiger partial charge is 0.455 e. The number of rotatable bonds is 3. The molecule has 3 heteroatoms. The van der Waals surface area contributed by atoms with Crippen LogP contribution in [-0.4, -0.2) is 6.21 Å². The highest BCUT2D eigenvalue weighted by molar-refractivity contribution is 5.79. The average molecular weight is 279 g/mol. The molecule has 0 saturated carbocycles. The van der Waals surface area contributed by atoms with Gasteiger partial charge in [-0.1, -0.05) is 29.8 Å². The summed E-state index contributed by atoms with van der Waals surface area (Å²) in [5.74, 6) is 0.980. The van der Waals surface area contributed by atoms with Crippen molar-refractivity contribution in [2.75, 3.05) is 0 Å². The van der Waals surface area contributed by atoms with Crippen LogP contribution >= 0.6 is 0 Å². The first-order valence-electron chi connectivity index (χ1n) is 6.67. The molecule has 0 amide bonds. The van der Waals surface area contributed by atoms with Gasteiger partial charge in [-0.15, -0.1) is 0 Å². The second-order valence-corrected chi connectivity index (χ2v) is 4.81. The fourth-order valence-electron chi connectivity index (χ4n) is 1.99. The van der Waals surface area contributed by atoms with Crippen molar-refractivity contribution in [1.29, 1.82) is 0 Å². The number of furan rings is 1. The lowest BCUT2D eigenvalue weighted by atomic mass is 10.2. The summed E-state index contributed by atoms with van der Waals surface area (Å²) in [5.41, 5.74) is 2.77. The third-order valence-corrected chi connectivity index (χ3v) is 3.11. The maximum Gasteiger partial charge on any atom is 0.145 e. The fraction of sp³-hybridized carbons (Fsp3) is 0.0556. The van der Waals surface area contributed by atoms with E-state index in [1.54, 1.807) is 12.3 Å². The molecule has 3 aromatic rings. The molecule has 0 unspecified atom stereocenters. The van der Waals surface area contributed by atoms with Crippen molar-refractivity contribution >= 4 is 11.9 Å². The van der Waals surface area contributed by atoms with E-state index in [2.05, 4.69) is 4.99 Å². The minimum atomic E-state index is -0.279. The Hall–Kier alpha value is -2.68. The van der Waals surface area contributed by atoms with Gasteiger partial charge in [0, 0.05) is 5.56 Å². The zero-order valence-electron chi connectivity index (χ0n) is 11.6. The first kappa shape index (κ1) is 13.3.